The van der Waals surface area contributed by atoms with Crippen molar-refractivity contribution in [2.75, 3.05) is 6.61 Å². The molecule has 0 amide bonds. The molecule has 1 aliphatic heterocycles. The Morgan fingerprint density at radius 1 is 1.62 bits per heavy atom. The maximum atomic E-state index is 10.9. The van der Waals surface area contributed by atoms with Crippen LogP contribution in [-0.2, 0) is 15.8 Å². The van der Waals surface area contributed by atoms with Crippen LogP contribution in [0.15, 0.2) is 0 Å². The number of hydrogen-bond donors (Lipinski definition) is 2. The van der Waals surface area contributed by atoms with Crippen molar-refractivity contribution >= 4 is 11.1 Å². The molecule has 13 heavy (non-hydrogen) atoms. The van der Waals surface area contributed by atoms with Crippen molar-refractivity contribution in [2.45, 2.75) is 37.7 Å². The van der Waals surface area contributed by atoms with Gasteiger partial charge in [-0.25, -0.2) is 4.21 Å². The number of aliphatic hydroxyl groups excluding tert-OH is 1. The summed E-state index contributed by atoms with van der Waals surface area (Å²) < 4.78 is 25.2. The van der Waals surface area contributed by atoms with E-state index in [9.17, 15) is 4.21 Å². The number of hydrogen-bond acceptors (Lipinski definition) is 3. The van der Waals surface area contributed by atoms with Crippen molar-refractivity contribution in [3.8, 4) is 0 Å². The van der Waals surface area contributed by atoms with E-state index in [-0.39, 0.29) is 12.7 Å². The van der Waals surface area contributed by atoms with Gasteiger partial charge in [0.2, 0.25) is 0 Å². The lowest BCUT2D eigenvalue weighted by Gasteiger charge is -2.14. The molecule has 0 aromatic heterocycles. The highest BCUT2D eigenvalue weighted by Crippen LogP contribution is 2.28. The van der Waals surface area contributed by atoms with Crippen molar-refractivity contribution in [2.24, 2.45) is 5.92 Å². The SMILES string of the molecule is CC(C)C1CC(S(=O)O)C(CO)O1. The molecule has 4 atom stereocenters. The Hall–Kier alpha value is 0.0300. The fourth-order valence-electron chi connectivity index (χ4n) is 1.55. The molecule has 4 unspecified atom stereocenters. The third kappa shape index (κ3) is 2.49. The van der Waals surface area contributed by atoms with Crippen LogP contribution in [0.2, 0.25) is 0 Å². The average molecular weight is 208 g/mol. The predicted octanol–water partition coefficient (Wildman–Crippen LogP) is 0.382. The van der Waals surface area contributed by atoms with Gasteiger partial charge in [0.25, 0.3) is 0 Å². The fraction of sp³-hybridized carbons (Fsp3) is 1.00. The predicted molar refractivity (Wildman–Crippen MR) is 49.8 cm³/mol. The van der Waals surface area contributed by atoms with Crippen LogP contribution in [0.3, 0.4) is 0 Å². The van der Waals surface area contributed by atoms with Gasteiger partial charge in [0.1, 0.15) is 0 Å². The zero-order valence-corrected chi connectivity index (χ0v) is 8.66. The average Bonchev–Trinajstić information content (AvgIpc) is 2.47. The van der Waals surface area contributed by atoms with Crippen molar-refractivity contribution in [1.82, 2.24) is 0 Å². The van der Waals surface area contributed by atoms with Gasteiger partial charge >= 0.3 is 0 Å². The molecule has 0 aromatic carbocycles. The molecule has 78 valence electrons. The van der Waals surface area contributed by atoms with Crippen molar-refractivity contribution in [3.05, 3.63) is 0 Å². The highest BCUT2D eigenvalue weighted by Gasteiger charge is 2.39. The molecular formula is C8H16O4S. The lowest BCUT2D eigenvalue weighted by Crippen LogP contribution is -2.28. The summed E-state index contributed by atoms with van der Waals surface area (Å²) in [5.41, 5.74) is 0. The summed E-state index contributed by atoms with van der Waals surface area (Å²) in [6.45, 7) is 3.82. The Balaban J connectivity index is 2.61. The number of ether oxygens (including phenoxy) is 1. The topological polar surface area (TPSA) is 66.8 Å². The lowest BCUT2D eigenvalue weighted by molar-refractivity contribution is -0.00683. The second kappa shape index (κ2) is 4.50. The van der Waals surface area contributed by atoms with Gasteiger partial charge in [-0.15, -0.1) is 0 Å². The van der Waals surface area contributed by atoms with Gasteiger partial charge < -0.3 is 14.4 Å². The van der Waals surface area contributed by atoms with E-state index in [4.69, 9.17) is 14.4 Å². The van der Waals surface area contributed by atoms with Crippen LogP contribution in [0.25, 0.3) is 0 Å². The van der Waals surface area contributed by atoms with Gasteiger partial charge in [-0.05, 0) is 12.3 Å². The second-order valence-electron chi connectivity index (χ2n) is 3.69. The highest BCUT2D eigenvalue weighted by molar-refractivity contribution is 7.80. The molecule has 1 heterocycles. The first-order chi connectivity index (χ1) is 6.06. The van der Waals surface area contributed by atoms with Crippen LogP contribution >= 0.6 is 0 Å². The number of rotatable bonds is 3. The zero-order chi connectivity index (χ0) is 10.0. The van der Waals surface area contributed by atoms with Crippen molar-refractivity contribution in [3.63, 3.8) is 0 Å². The van der Waals surface area contributed by atoms with E-state index >= 15 is 0 Å². The Morgan fingerprint density at radius 2 is 2.23 bits per heavy atom. The van der Waals surface area contributed by atoms with Gasteiger partial charge in [-0.1, -0.05) is 13.8 Å². The monoisotopic (exact) mass is 208 g/mol. The minimum absolute atomic E-state index is 0.00162. The molecule has 1 aliphatic rings. The normalized spacial score (nSPS) is 36.8. The van der Waals surface area contributed by atoms with E-state index < -0.39 is 22.4 Å². The van der Waals surface area contributed by atoms with Gasteiger partial charge in [0, 0.05) is 0 Å². The molecule has 0 bridgehead atoms. The summed E-state index contributed by atoms with van der Waals surface area (Å²) in [6.07, 6.45) is 0.0860. The van der Waals surface area contributed by atoms with Gasteiger partial charge in [0.05, 0.1) is 24.1 Å². The Morgan fingerprint density at radius 3 is 2.54 bits per heavy atom. The third-order valence-corrected chi connectivity index (χ3v) is 3.43. The Bertz CT molecular complexity index is 195. The molecule has 0 spiro atoms. The Kier molecular flexibility index (Phi) is 3.85. The molecule has 1 saturated heterocycles. The van der Waals surface area contributed by atoms with Crippen molar-refractivity contribution in [1.29, 1.82) is 0 Å². The van der Waals surface area contributed by atoms with Gasteiger partial charge in [0.15, 0.2) is 11.1 Å². The minimum atomic E-state index is -1.89. The molecule has 0 radical (unpaired) electrons. The third-order valence-electron chi connectivity index (χ3n) is 2.41. The van der Waals surface area contributed by atoms with Crippen LogP contribution < -0.4 is 0 Å². The molecule has 0 aromatic rings. The lowest BCUT2D eigenvalue weighted by atomic mass is 10.0. The maximum absolute atomic E-state index is 10.9. The minimum Gasteiger partial charge on any atom is -0.394 e. The first-order valence-corrected chi connectivity index (χ1v) is 5.59. The van der Waals surface area contributed by atoms with Crippen LogP contribution in [0.1, 0.15) is 20.3 Å². The van der Waals surface area contributed by atoms with Gasteiger partial charge in [-0.3, -0.25) is 0 Å². The molecule has 1 rings (SSSR count). The quantitative estimate of drug-likeness (QED) is 0.658. The molecule has 0 aliphatic carbocycles. The standard InChI is InChI=1S/C8H16O4S/c1-5(2)6-3-8(13(10)11)7(4-9)12-6/h5-9H,3-4H2,1-2H3,(H,10,11). The smallest absolute Gasteiger partial charge is 0.158 e. The summed E-state index contributed by atoms with van der Waals surface area (Å²) >= 11 is -1.89. The van der Waals surface area contributed by atoms with E-state index in [1.807, 2.05) is 13.8 Å². The first-order valence-electron chi connectivity index (χ1n) is 4.42. The van der Waals surface area contributed by atoms with E-state index in [0.29, 0.717) is 12.3 Å². The summed E-state index contributed by atoms with van der Waals surface area (Å²) in [4.78, 5) is 0. The molecule has 5 heteroatoms. The van der Waals surface area contributed by atoms with Crippen LogP contribution in [0.5, 0.6) is 0 Å². The second-order valence-corrected chi connectivity index (χ2v) is 4.85. The summed E-state index contributed by atoms with van der Waals surface area (Å²) in [6, 6.07) is 0. The van der Waals surface area contributed by atoms with Crippen LogP contribution in [0, 0.1) is 5.92 Å². The number of aliphatic hydroxyl groups is 1. The van der Waals surface area contributed by atoms with Crippen LogP contribution in [-0.4, -0.2) is 37.9 Å². The fourth-order valence-corrected chi connectivity index (χ4v) is 2.31. The maximum Gasteiger partial charge on any atom is 0.158 e. The molecule has 4 nitrogen and oxygen atoms in total. The largest absolute Gasteiger partial charge is 0.394 e. The van der Waals surface area contributed by atoms with Gasteiger partial charge in [-0.2, -0.15) is 0 Å². The summed E-state index contributed by atoms with van der Waals surface area (Å²) in [7, 11) is 0. The van der Waals surface area contributed by atoms with Crippen LogP contribution in [0.4, 0.5) is 0 Å². The molecule has 1 fully saturated rings. The van der Waals surface area contributed by atoms with Crippen molar-refractivity contribution < 1.29 is 18.6 Å². The first kappa shape index (κ1) is 11.1. The highest BCUT2D eigenvalue weighted by atomic mass is 32.2. The van der Waals surface area contributed by atoms with E-state index in [0.717, 1.165) is 0 Å². The van der Waals surface area contributed by atoms with E-state index in [1.165, 1.54) is 0 Å². The van der Waals surface area contributed by atoms with E-state index in [1.54, 1.807) is 0 Å². The summed E-state index contributed by atoms with van der Waals surface area (Å²) in [5.74, 6) is 0.322. The van der Waals surface area contributed by atoms with E-state index in [2.05, 4.69) is 0 Å². The molecular weight excluding hydrogens is 192 g/mol. The Labute approximate surface area is 80.6 Å². The molecule has 2 N–H and O–H groups in total. The zero-order valence-electron chi connectivity index (χ0n) is 7.84. The molecule has 0 saturated carbocycles. The summed E-state index contributed by atoms with van der Waals surface area (Å²) in [5, 5.41) is 8.48.